The Labute approximate surface area is 27.6 Å². The van der Waals surface area contributed by atoms with Gasteiger partial charge in [-0.1, -0.05) is 0 Å². The predicted molar refractivity (Wildman–Crippen MR) is 18.3 cm³/mol. The van der Waals surface area contributed by atoms with Crippen LogP contribution in [0, 0.1) is 0 Å². The summed E-state index contributed by atoms with van der Waals surface area (Å²) in [6.07, 6.45) is 1.42. The highest BCUT2D eigenvalue weighted by atomic mass is 32.2. The van der Waals surface area contributed by atoms with Gasteiger partial charge in [0, 0.05) is 6.26 Å². The quantitative estimate of drug-likeness (QED) is 0.407. The van der Waals surface area contributed by atoms with E-state index in [0.29, 0.717) is 0 Å². The van der Waals surface area contributed by atoms with Gasteiger partial charge in [0.2, 0.25) is 0 Å². The molecule has 0 amide bonds. The Kier molecular flexibility index (Phi) is 1.47. The molecule has 0 aliphatic carbocycles. The number of rotatable bonds is 0. The first-order valence-electron chi connectivity index (χ1n) is 0.811. The lowest BCUT2D eigenvalue weighted by Crippen LogP contribution is -1.95. The fourth-order valence-corrected chi connectivity index (χ4v) is 0. The van der Waals surface area contributed by atoms with E-state index in [1.807, 2.05) is 0 Å². The molecule has 0 aromatic rings. The molecule has 0 unspecified atom stereocenters. The van der Waals surface area contributed by atoms with E-state index in [-0.39, 0.29) is 0 Å². The molecule has 0 aliphatic heterocycles. The van der Waals surface area contributed by atoms with E-state index in [1.165, 1.54) is 6.26 Å². The molecule has 0 aromatic heterocycles. The maximum atomic E-state index is 9.33. The second kappa shape index (κ2) is 1.43. The van der Waals surface area contributed by atoms with Gasteiger partial charge in [-0.05, 0) is 0 Å². The van der Waals surface area contributed by atoms with E-state index in [4.69, 9.17) is 0 Å². The molecule has 4 heavy (non-hydrogen) atoms. The number of hydrogen-bond acceptors (Lipinski definition) is 1. The highest BCUT2D eigenvalue weighted by Gasteiger charge is 1.56. The van der Waals surface area contributed by atoms with Gasteiger partial charge in [-0.15, -0.1) is 0 Å². The van der Waals surface area contributed by atoms with Crippen molar-refractivity contribution in [3.63, 3.8) is 0 Å². The van der Waals surface area contributed by atoms with Crippen LogP contribution in [0.25, 0.3) is 0 Å². The Morgan fingerprint density at radius 3 is 2.00 bits per heavy atom. The fourth-order valence-electron chi connectivity index (χ4n) is 0. The predicted octanol–water partition coefficient (Wildman–Crippen LogP) is -0.761. The van der Waals surface area contributed by atoms with Gasteiger partial charge >= 0.3 is 0 Å². The first-order valence-corrected chi connectivity index (χ1v) is 2.43. The molecule has 3 heteroatoms. The SMILES string of the molecule is C[S@](N)=O. The van der Waals surface area contributed by atoms with E-state index in [1.54, 1.807) is 0 Å². The Bertz CT molecular complexity index is 31.0. The van der Waals surface area contributed by atoms with Gasteiger partial charge in [-0.25, -0.2) is 4.21 Å². The van der Waals surface area contributed by atoms with Gasteiger partial charge in [0.05, 0.1) is 11.0 Å². The van der Waals surface area contributed by atoms with Crippen LogP contribution in [0.4, 0.5) is 0 Å². The van der Waals surface area contributed by atoms with Crippen LogP contribution < -0.4 is 5.14 Å². The smallest absolute Gasteiger partial charge is 0.0856 e. The summed E-state index contributed by atoms with van der Waals surface area (Å²) in [7, 11) is -1.11. The molecule has 2 N–H and O–H groups in total. The third-order valence-electron chi connectivity index (χ3n) is 0. The second-order valence-electron chi connectivity index (χ2n) is 0.499. The van der Waals surface area contributed by atoms with Crippen molar-refractivity contribution in [3.05, 3.63) is 0 Å². The molecule has 0 rings (SSSR count). The zero-order valence-electron chi connectivity index (χ0n) is 2.39. The van der Waals surface area contributed by atoms with Crippen LogP contribution in [-0.4, -0.2) is 10.5 Å². The summed E-state index contributed by atoms with van der Waals surface area (Å²) in [5.74, 6) is 0. The first-order chi connectivity index (χ1) is 1.73. The van der Waals surface area contributed by atoms with Crippen molar-refractivity contribution in [2.45, 2.75) is 0 Å². The minimum Gasteiger partial charge on any atom is -0.252 e. The number of nitrogens with two attached hydrogens (primary N) is 1. The van der Waals surface area contributed by atoms with Crippen molar-refractivity contribution < 1.29 is 4.21 Å². The van der Waals surface area contributed by atoms with Crippen LogP contribution in [0.1, 0.15) is 0 Å². The Morgan fingerprint density at radius 1 is 2.00 bits per heavy atom. The van der Waals surface area contributed by atoms with Crippen molar-refractivity contribution in [1.82, 2.24) is 0 Å². The molecule has 0 aromatic carbocycles. The summed E-state index contributed by atoms with van der Waals surface area (Å²) in [6.45, 7) is 0. The molecule has 0 radical (unpaired) electrons. The van der Waals surface area contributed by atoms with Crippen LogP contribution >= 0.6 is 0 Å². The lowest BCUT2D eigenvalue weighted by atomic mass is 12.0. The zero-order valence-corrected chi connectivity index (χ0v) is 3.21. The molecule has 0 aliphatic rings. The van der Waals surface area contributed by atoms with Gasteiger partial charge in [0.1, 0.15) is 0 Å². The summed E-state index contributed by atoms with van der Waals surface area (Å²) in [4.78, 5) is 0. The van der Waals surface area contributed by atoms with Gasteiger partial charge < -0.3 is 0 Å². The minimum atomic E-state index is -1.11. The standard InChI is InChI=1S/CH5NOS/c1-4(2)3/h2H2,1H3/t4-/m1/s1. The molecule has 0 heterocycles. The molecule has 0 fully saturated rings. The maximum absolute atomic E-state index is 9.33. The van der Waals surface area contributed by atoms with Crippen LogP contribution in [0.3, 0.4) is 0 Å². The summed E-state index contributed by atoms with van der Waals surface area (Å²) in [5, 5.41) is 4.58. The molecule has 26 valence electrons. The van der Waals surface area contributed by atoms with E-state index in [2.05, 4.69) is 5.14 Å². The highest BCUT2D eigenvalue weighted by molar-refractivity contribution is 7.81. The van der Waals surface area contributed by atoms with E-state index in [0.717, 1.165) is 0 Å². The van der Waals surface area contributed by atoms with Gasteiger partial charge in [-0.3, -0.25) is 5.14 Å². The summed E-state index contributed by atoms with van der Waals surface area (Å²) in [5.41, 5.74) is 0. The average molecular weight is 79.1 g/mol. The monoisotopic (exact) mass is 79.0 g/mol. The molecule has 0 saturated carbocycles. The van der Waals surface area contributed by atoms with Crippen LogP contribution in [0.5, 0.6) is 0 Å². The molecule has 2 nitrogen and oxygen atoms in total. The zero-order chi connectivity index (χ0) is 3.58. The van der Waals surface area contributed by atoms with Crippen molar-refractivity contribution in [1.29, 1.82) is 0 Å². The average Bonchev–Trinajstić information content (AvgIpc) is 0.811. The van der Waals surface area contributed by atoms with Gasteiger partial charge in [-0.2, -0.15) is 0 Å². The normalized spacial score (nSPS) is 15.5. The third-order valence-corrected chi connectivity index (χ3v) is 0. The van der Waals surface area contributed by atoms with Crippen molar-refractivity contribution >= 4 is 11.0 Å². The Balaban J connectivity index is 2.80. The first kappa shape index (κ1) is 4.11. The highest BCUT2D eigenvalue weighted by Crippen LogP contribution is 1.36. The number of hydrogen-bond donors (Lipinski definition) is 1. The third kappa shape index (κ3) is 215. The van der Waals surface area contributed by atoms with Crippen molar-refractivity contribution in [2.75, 3.05) is 6.26 Å². The van der Waals surface area contributed by atoms with E-state index in [9.17, 15) is 4.21 Å². The summed E-state index contributed by atoms with van der Waals surface area (Å²) in [6, 6.07) is 0. The van der Waals surface area contributed by atoms with Gasteiger partial charge in [0.25, 0.3) is 0 Å². The molecule has 0 bridgehead atoms. The van der Waals surface area contributed by atoms with Crippen molar-refractivity contribution in [3.8, 4) is 0 Å². The van der Waals surface area contributed by atoms with E-state index >= 15 is 0 Å². The van der Waals surface area contributed by atoms with Crippen LogP contribution in [0.2, 0.25) is 0 Å². The van der Waals surface area contributed by atoms with Crippen LogP contribution in [-0.2, 0) is 11.0 Å². The molecule has 1 atom stereocenters. The topological polar surface area (TPSA) is 43.1 Å². The lowest BCUT2D eigenvalue weighted by molar-refractivity contribution is 0.688. The molecular formula is CH5NOS. The minimum absolute atomic E-state index is 1.11. The van der Waals surface area contributed by atoms with Crippen LogP contribution in [0.15, 0.2) is 0 Å². The second-order valence-corrected chi connectivity index (χ2v) is 1.50. The van der Waals surface area contributed by atoms with E-state index < -0.39 is 11.0 Å². The molecule has 0 saturated heterocycles. The fraction of sp³-hybridized carbons (Fsp3) is 1.00. The molecular weight excluding hydrogens is 74.1 g/mol. The summed E-state index contributed by atoms with van der Waals surface area (Å²) < 4.78 is 9.33. The lowest BCUT2D eigenvalue weighted by Gasteiger charge is -1.62. The summed E-state index contributed by atoms with van der Waals surface area (Å²) >= 11 is 0. The molecule has 0 spiro atoms. The Morgan fingerprint density at radius 2 is 2.00 bits per heavy atom. The van der Waals surface area contributed by atoms with Crippen molar-refractivity contribution in [2.24, 2.45) is 5.14 Å². The van der Waals surface area contributed by atoms with Gasteiger partial charge in [0.15, 0.2) is 0 Å². The maximum Gasteiger partial charge on any atom is 0.0856 e. The largest absolute Gasteiger partial charge is 0.252 e. The Hall–Kier alpha value is 0.110.